The van der Waals surface area contributed by atoms with E-state index in [0.717, 1.165) is 25.5 Å². The van der Waals surface area contributed by atoms with Crippen molar-refractivity contribution in [1.82, 2.24) is 20.1 Å². The summed E-state index contributed by atoms with van der Waals surface area (Å²) in [5, 5.41) is 7.25. The lowest BCUT2D eigenvalue weighted by molar-refractivity contribution is 0.0946. The van der Waals surface area contributed by atoms with Gasteiger partial charge in [0.05, 0.1) is 5.56 Å². The molecule has 0 radical (unpaired) electrons. The Labute approximate surface area is 142 Å². The first-order chi connectivity index (χ1) is 11.7. The van der Waals surface area contributed by atoms with Gasteiger partial charge in [-0.2, -0.15) is 5.10 Å². The molecule has 2 aromatic heterocycles. The zero-order valence-corrected chi connectivity index (χ0v) is 14.2. The predicted molar refractivity (Wildman–Crippen MR) is 94.0 cm³/mol. The second kappa shape index (κ2) is 7.95. The van der Waals surface area contributed by atoms with E-state index < -0.39 is 0 Å². The second-order valence-corrected chi connectivity index (χ2v) is 6.47. The van der Waals surface area contributed by atoms with Gasteiger partial charge in [-0.1, -0.05) is 6.92 Å². The molecule has 3 heterocycles. The number of piperidine rings is 1. The molecule has 1 aliphatic heterocycles. The van der Waals surface area contributed by atoms with Crippen molar-refractivity contribution in [2.45, 2.75) is 32.7 Å². The molecule has 24 heavy (non-hydrogen) atoms. The predicted octanol–water partition coefficient (Wildman–Crippen LogP) is 2.33. The fourth-order valence-electron chi connectivity index (χ4n) is 3.09. The molecular formula is C18H25N5O. The number of rotatable bonds is 6. The standard InChI is InChI=1S/C18H25N5O/c1-15(14-23-12-6-9-21-23)13-20-18(24)16-7-5-8-19-17(16)22-10-3-2-4-11-22/h5-9,12,15H,2-4,10-11,13-14H2,1H3,(H,20,24)/t15-/m0/s1. The van der Waals surface area contributed by atoms with E-state index in [1.807, 2.05) is 29.1 Å². The number of carbonyl (C=O) groups excluding carboxylic acids is 1. The number of hydrogen-bond acceptors (Lipinski definition) is 4. The van der Waals surface area contributed by atoms with E-state index in [1.165, 1.54) is 19.3 Å². The molecule has 6 nitrogen and oxygen atoms in total. The van der Waals surface area contributed by atoms with E-state index in [-0.39, 0.29) is 5.91 Å². The minimum absolute atomic E-state index is 0.0454. The maximum Gasteiger partial charge on any atom is 0.255 e. The van der Waals surface area contributed by atoms with Crippen LogP contribution in [0, 0.1) is 5.92 Å². The highest BCUT2D eigenvalue weighted by atomic mass is 16.1. The third-order valence-corrected chi connectivity index (χ3v) is 4.36. The zero-order valence-electron chi connectivity index (χ0n) is 14.2. The van der Waals surface area contributed by atoms with Gasteiger partial charge in [0.25, 0.3) is 5.91 Å². The summed E-state index contributed by atoms with van der Waals surface area (Å²) in [5.41, 5.74) is 0.672. The summed E-state index contributed by atoms with van der Waals surface area (Å²) in [6.07, 6.45) is 9.06. The average molecular weight is 327 g/mol. The van der Waals surface area contributed by atoms with Crippen LogP contribution in [0.15, 0.2) is 36.8 Å². The largest absolute Gasteiger partial charge is 0.356 e. The van der Waals surface area contributed by atoms with Crippen LogP contribution in [0.1, 0.15) is 36.5 Å². The van der Waals surface area contributed by atoms with Gasteiger partial charge < -0.3 is 10.2 Å². The highest BCUT2D eigenvalue weighted by molar-refractivity contribution is 5.98. The van der Waals surface area contributed by atoms with E-state index in [9.17, 15) is 4.79 Å². The van der Waals surface area contributed by atoms with Gasteiger partial charge in [0.15, 0.2) is 0 Å². The monoisotopic (exact) mass is 327 g/mol. The Morgan fingerprint density at radius 2 is 2.08 bits per heavy atom. The number of carbonyl (C=O) groups is 1. The van der Waals surface area contributed by atoms with Gasteiger partial charge >= 0.3 is 0 Å². The maximum atomic E-state index is 12.6. The Morgan fingerprint density at radius 3 is 2.83 bits per heavy atom. The van der Waals surface area contributed by atoms with Crippen molar-refractivity contribution in [2.75, 3.05) is 24.5 Å². The lowest BCUT2D eigenvalue weighted by Crippen LogP contribution is -2.35. The average Bonchev–Trinajstić information content (AvgIpc) is 3.13. The summed E-state index contributed by atoms with van der Waals surface area (Å²) in [4.78, 5) is 19.3. The highest BCUT2D eigenvalue weighted by Crippen LogP contribution is 2.21. The Hall–Kier alpha value is -2.37. The fourth-order valence-corrected chi connectivity index (χ4v) is 3.09. The molecule has 3 rings (SSSR count). The summed E-state index contributed by atoms with van der Waals surface area (Å²) < 4.78 is 1.89. The van der Waals surface area contributed by atoms with Gasteiger partial charge in [0, 0.05) is 44.8 Å². The summed E-state index contributed by atoms with van der Waals surface area (Å²) in [6.45, 7) is 5.48. The molecule has 1 atom stereocenters. The van der Waals surface area contributed by atoms with Crippen LogP contribution in [0.2, 0.25) is 0 Å². The topological polar surface area (TPSA) is 63.1 Å². The highest BCUT2D eigenvalue weighted by Gasteiger charge is 2.19. The number of aromatic nitrogens is 3. The third-order valence-electron chi connectivity index (χ3n) is 4.36. The van der Waals surface area contributed by atoms with Gasteiger partial charge in [-0.3, -0.25) is 9.48 Å². The Morgan fingerprint density at radius 1 is 1.25 bits per heavy atom. The molecule has 0 bridgehead atoms. The van der Waals surface area contributed by atoms with Crippen LogP contribution >= 0.6 is 0 Å². The molecule has 1 N–H and O–H groups in total. The minimum atomic E-state index is -0.0454. The zero-order chi connectivity index (χ0) is 16.8. The van der Waals surface area contributed by atoms with E-state index >= 15 is 0 Å². The van der Waals surface area contributed by atoms with Crippen LogP contribution in [0.3, 0.4) is 0 Å². The van der Waals surface area contributed by atoms with Crippen molar-refractivity contribution >= 4 is 11.7 Å². The van der Waals surface area contributed by atoms with Crippen LogP contribution in [0.4, 0.5) is 5.82 Å². The number of anilines is 1. The normalized spacial score (nSPS) is 16.0. The first-order valence-corrected chi connectivity index (χ1v) is 8.69. The van der Waals surface area contributed by atoms with Crippen LogP contribution in [-0.4, -0.2) is 40.3 Å². The Bertz CT molecular complexity index is 649. The van der Waals surface area contributed by atoms with Crippen molar-refractivity contribution in [3.63, 3.8) is 0 Å². The number of pyridine rings is 1. The third kappa shape index (κ3) is 4.13. The molecule has 0 aromatic carbocycles. The maximum absolute atomic E-state index is 12.6. The van der Waals surface area contributed by atoms with Crippen LogP contribution in [0.5, 0.6) is 0 Å². The molecule has 1 fully saturated rings. The molecule has 6 heteroatoms. The minimum Gasteiger partial charge on any atom is -0.356 e. The number of amides is 1. The van der Waals surface area contributed by atoms with Crippen LogP contribution in [0.25, 0.3) is 0 Å². The van der Waals surface area contributed by atoms with Gasteiger partial charge in [-0.25, -0.2) is 4.98 Å². The number of hydrogen-bond donors (Lipinski definition) is 1. The molecule has 1 aliphatic rings. The van der Waals surface area contributed by atoms with Crippen LogP contribution in [-0.2, 0) is 6.54 Å². The van der Waals surface area contributed by atoms with E-state index in [2.05, 4.69) is 27.2 Å². The summed E-state index contributed by atoms with van der Waals surface area (Å²) in [7, 11) is 0. The van der Waals surface area contributed by atoms with Gasteiger partial charge in [-0.15, -0.1) is 0 Å². The fraction of sp³-hybridized carbons (Fsp3) is 0.500. The van der Waals surface area contributed by atoms with Crippen molar-refractivity contribution < 1.29 is 4.79 Å². The Kier molecular flexibility index (Phi) is 5.46. The smallest absolute Gasteiger partial charge is 0.255 e. The molecule has 128 valence electrons. The first-order valence-electron chi connectivity index (χ1n) is 8.69. The van der Waals surface area contributed by atoms with Crippen molar-refractivity contribution in [3.8, 4) is 0 Å². The molecule has 2 aromatic rings. The summed E-state index contributed by atoms with van der Waals surface area (Å²) in [6, 6.07) is 5.60. The number of nitrogens with zero attached hydrogens (tertiary/aromatic N) is 4. The molecule has 0 unspecified atom stereocenters. The van der Waals surface area contributed by atoms with E-state index in [1.54, 1.807) is 12.4 Å². The lowest BCUT2D eigenvalue weighted by atomic mass is 10.1. The summed E-state index contributed by atoms with van der Waals surface area (Å²) in [5.74, 6) is 1.08. The molecule has 0 saturated carbocycles. The van der Waals surface area contributed by atoms with Gasteiger partial charge in [-0.05, 0) is 43.4 Å². The molecule has 1 amide bonds. The quantitative estimate of drug-likeness (QED) is 0.884. The molecule has 0 spiro atoms. The van der Waals surface area contributed by atoms with Crippen LogP contribution < -0.4 is 10.2 Å². The SMILES string of the molecule is C[C@@H](CNC(=O)c1cccnc1N1CCCCC1)Cn1cccn1. The van der Waals surface area contributed by atoms with Crippen molar-refractivity contribution in [2.24, 2.45) is 5.92 Å². The summed E-state index contributed by atoms with van der Waals surface area (Å²) >= 11 is 0. The van der Waals surface area contributed by atoms with E-state index in [0.29, 0.717) is 18.0 Å². The molecule has 0 aliphatic carbocycles. The molecular weight excluding hydrogens is 302 g/mol. The second-order valence-electron chi connectivity index (χ2n) is 6.47. The van der Waals surface area contributed by atoms with Gasteiger partial charge in [0.1, 0.15) is 5.82 Å². The van der Waals surface area contributed by atoms with Crippen molar-refractivity contribution in [1.29, 1.82) is 0 Å². The van der Waals surface area contributed by atoms with E-state index in [4.69, 9.17) is 0 Å². The van der Waals surface area contributed by atoms with Gasteiger partial charge in [0.2, 0.25) is 0 Å². The Balaban J connectivity index is 1.60. The first kappa shape index (κ1) is 16.5. The number of nitrogens with one attached hydrogen (secondary N) is 1. The lowest BCUT2D eigenvalue weighted by Gasteiger charge is -2.29. The van der Waals surface area contributed by atoms with Crippen molar-refractivity contribution in [3.05, 3.63) is 42.4 Å². The molecule has 1 saturated heterocycles.